The molecule has 3 rings (SSSR count). The Hall–Kier alpha value is -1.67. The van der Waals surface area contributed by atoms with E-state index in [1.165, 1.54) is 0 Å². The summed E-state index contributed by atoms with van der Waals surface area (Å²) in [5, 5.41) is 2.51. The lowest BCUT2D eigenvalue weighted by Crippen LogP contribution is -2.06. The van der Waals surface area contributed by atoms with Gasteiger partial charge in [0.25, 0.3) is 0 Å². The van der Waals surface area contributed by atoms with Crippen molar-refractivity contribution in [3.8, 4) is 0 Å². The van der Waals surface area contributed by atoms with Gasteiger partial charge >= 0.3 is 0 Å². The lowest BCUT2D eigenvalue weighted by Gasteiger charge is -2.11. The number of rotatable bonds is 0. The predicted octanol–water partition coefficient (Wildman–Crippen LogP) is 3.49. The second-order valence-electron chi connectivity index (χ2n) is 3.78. The standard InChI is InChI=1S/C13H8ClNO/c14-9-4-5-10-8(6-9)7-15-11-2-1-3-12(16)13(10)11/h1-2,4-7H,3H2. The third-order valence-electron chi connectivity index (χ3n) is 2.74. The molecule has 1 aliphatic carbocycles. The molecule has 0 fully saturated rings. The van der Waals surface area contributed by atoms with Crippen LogP contribution in [0, 0.1) is 0 Å². The molecule has 2 aromatic rings. The Morgan fingerprint density at radius 3 is 3.06 bits per heavy atom. The van der Waals surface area contributed by atoms with E-state index in [-0.39, 0.29) is 5.78 Å². The summed E-state index contributed by atoms with van der Waals surface area (Å²) < 4.78 is 0. The molecule has 0 spiro atoms. The van der Waals surface area contributed by atoms with E-state index >= 15 is 0 Å². The molecule has 3 heteroatoms. The number of Topliss-reactive ketones (excluding diaryl/α,β-unsaturated/α-hetero) is 1. The highest BCUT2D eigenvalue weighted by Gasteiger charge is 2.17. The lowest BCUT2D eigenvalue weighted by molar-refractivity contribution is 0.0996. The highest BCUT2D eigenvalue weighted by molar-refractivity contribution is 6.31. The fourth-order valence-electron chi connectivity index (χ4n) is 2.01. The first kappa shape index (κ1) is 9.55. The number of pyridine rings is 1. The summed E-state index contributed by atoms with van der Waals surface area (Å²) in [6.45, 7) is 0. The zero-order valence-electron chi connectivity index (χ0n) is 8.40. The first-order valence-electron chi connectivity index (χ1n) is 5.04. The number of halogens is 1. The number of nitrogens with zero attached hydrogens (tertiary/aromatic N) is 1. The van der Waals surface area contributed by atoms with Gasteiger partial charge in [0.1, 0.15) is 0 Å². The molecule has 78 valence electrons. The van der Waals surface area contributed by atoms with Crippen molar-refractivity contribution in [1.82, 2.24) is 4.98 Å². The second kappa shape index (κ2) is 3.42. The summed E-state index contributed by atoms with van der Waals surface area (Å²) in [4.78, 5) is 16.1. The molecule has 0 N–H and O–H groups in total. The lowest BCUT2D eigenvalue weighted by atomic mass is 9.95. The number of allylic oxidation sites excluding steroid dienone is 1. The molecule has 1 aliphatic rings. The number of fused-ring (bicyclic) bond motifs is 3. The summed E-state index contributed by atoms with van der Waals surface area (Å²) in [5.41, 5.74) is 1.47. The van der Waals surface area contributed by atoms with Crippen LogP contribution in [-0.4, -0.2) is 10.8 Å². The number of benzene rings is 1. The van der Waals surface area contributed by atoms with Crippen molar-refractivity contribution in [3.63, 3.8) is 0 Å². The van der Waals surface area contributed by atoms with Crippen LogP contribution in [0.4, 0.5) is 0 Å². The fourth-order valence-corrected chi connectivity index (χ4v) is 2.19. The summed E-state index contributed by atoms with van der Waals surface area (Å²) in [6, 6.07) is 5.51. The second-order valence-corrected chi connectivity index (χ2v) is 4.22. The van der Waals surface area contributed by atoms with Crippen molar-refractivity contribution in [1.29, 1.82) is 0 Å². The molecule has 16 heavy (non-hydrogen) atoms. The van der Waals surface area contributed by atoms with Gasteiger partial charge in [-0.3, -0.25) is 9.78 Å². The summed E-state index contributed by atoms with van der Waals surface area (Å²) >= 11 is 5.91. The number of aromatic nitrogens is 1. The molecule has 1 heterocycles. The van der Waals surface area contributed by atoms with E-state index in [2.05, 4.69) is 4.98 Å². The highest BCUT2D eigenvalue weighted by Crippen LogP contribution is 2.27. The Kier molecular flexibility index (Phi) is 2.04. The van der Waals surface area contributed by atoms with Crippen molar-refractivity contribution >= 4 is 34.2 Å². The Labute approximate surface area is 97.6 Å². The molecule has 1 aromatic carbocycles. The average Bonchev–Trinajstić information content (AvgIpc) is 2.29. The van der Waals surface area contributed by atoms with Gasteiger partial charge in [-0.15, -0.1) is 0 Å². The van der Waals surface area contributed by atoms with Crippen molar-refractivity contribution in [3.05, 3.63) is 46.8 Å². The van der Waals surface area contributed by atoms with Crippen LogP contribution >= 0.6 is 11.6 Å². The summed E-state index contributed by atoms with van der Waals surface area (Å²) in [5.74, 6) is 0.123. The number of hydrogen-bond donors (Lipinski definition) is 0. The molecule has 0 saturated heterocycles. The van der Waals surface area contributed by atoms with Gasteiger partial charge in [-0.2, -0.15) is 0 Å². The Bertz CT molecular complexity index is 631. The molecule has 0 amide bonds. The topological polar surface area (TPSA) is 30.0 Å². The van der Waals surface area contributed by atoms with Gasteiger partial charge in [-0.05, 0) is 23.6 Å². The van der Waals surface area contributed by atoms with Crippen molar-refractivity contribution in [2.45, 2.75) is 6.42 Å². The molecule has 0 aliphatic heterocycles. The third kappa shape index (κ3) is 1.34. The molecule has 0 unspecified atom stereocenters. The molecule has 2 nitrogen and oxygen atoms in total. The Morgan fingerprint density at radius 1 is 1.31 bits per heavy atom. The van der Waals surface area contributed by atoms with E-state index < -0.39 is 0 Å². The quantitative estimate of drug-likeness (QED) is 0.692. The zero-order valence-corrected chi connectivity index (χ0v) is 9.16. The van der Waals surface area contributed by atoms with Gasteiger partial charge in [-0.1, -0.05) is 23.7 Å². The molecule has 0 bridgehead atoms. The van der Waals surface area contributed by atoms with Crippen LogP contribution in [0.5, 0.6) is 0 Å². The van der Waals surface area contributed by atoms with Gasteiger partial charge in [0.2, 0.25) is 0 Å². The molecule has 0 saturated carbocycles. The van der Waals surface area contributed by atoms with Crippen molar-refractivity contribution in [2.24, 2.45) is 0 Å². The minimum Gasteiger partial charge on any atom is -0.294 e. The predicted molar refractivity (Wildman–Crippen MR) is 64.7 cm³/mol. The zero-order chi connectivity index (χ0) is 11.1. The van der Waals surface area contributed by atoms with E-state index in [0.29, 0.717) is 11.4 Å². The maximum atomic E-state index is 11.9. The van der Waals surface area contributed by atoms with Gasteiger partial charge in [-0.25, -0.2) is 0 Å². The van der Waals surface area contributed by atoms with Crippen LogP contribution in [-0.2, 0) is 0 Å². The number of hydrogen-bond acceptors (Lipinski definition) is 2. The van der Waals surface area contributed by atoms with Gasteiger partial charge in [0.15, 0.2) is 5.78 Å². The molecule has 0 atom stereocenters. The van der Waals surface area contributed by atoms with E-state index in [0.717, 1.165) is 22.0 Å². The summed E-state index contributed by atoms with van der Waals surface area (Å²) in [7, 11) is 0. The number of carbonyl (C=O) groups excluding carboxylic acids is 1. The minimum absolute atomic E-state index is 0.123. The number of carbonyl (C=O) groups is 1. The first-order chi connectivity index (χ1) is 7.75. The van der Waals surface area contributed by atoms with Crippen LogP contribution in [0.3, 0.4) is 0 Å². The molecule has 1 aromatic heterocycles. The normalized spacial score (nSPS) is 14.2. The molecule has 0 radical (unpaired) electrons. The minimum atomic E-state index is 0.123. The molecular formula is C13H8ClNO. The van der Waals surface area contributed by atoms with Crippen LogP contribution in [0.25, 0.3) is 16.8 Å². The Morgan fingerprint density at radius 2 is 2.19 bits per heavy atom. The SMILES string of the molecule is O=C1CC=Cc2ncc3cc(Cl)ccc3c21. The van der Waals surface area contributed by atoms with E-state index in [1.54, 1.807) is 12.3 Å². The van der Waals surface area contributed by atoms with Gasteiger partial charge < -0.3 is 0 Å². The Balaban J connectivity index is 2.43. The number of ketones is 1. The summed E-state index contributed by atoms with van der Waals surface area (Å²) in [6.07, 6.45) is 5.95. The maximum absolute atomic E-state index is 11.9. The van der Waals surface area contributed by atoms with Gasteiger partial charge in [0, 0.05) is 23.0 Å². The van der Waals surface area contributed by atoms with E-state index in [4.69, 9.17) is 11.6 Å². The van der Waals surface area contributed by atoms with Crippen molar-refractivity contribution in [2.75, 3.05) is 0 Å². The fraction of sp³-hybridized carbons (Fsp3) is 0.0769. The van der Waals surface area contributed by atoms with Crippen LogP contribution < -0.4 is 0 Å². The average molecular weight is 230 g/mol. The van der Waals surface area contributed by atoms with Crippen LogP contribution in [0.2, 0.25) is 5.02 Å². The highest BCUT2D eigenvalue weighted by atomic mass is 35.5. The van der Waals surface area contributed by atoms with E-state index in [9.17, 15) is 4.79 Å². The molecular weight excluding hydrogens is 222 g/mol. The largest absolute Gasteiger partial charge is 0.294 e. The van der Waals surface area contributed by atoms with Crippen LogP contribution in [0.15, 0.2) is 30.5 Å². The van der Waals surface area contributed by atoms with Gasteiger partial charge in [0.05, 0.1) is 11.3 Å². The first-order valence-corrected chi connectivity index (χ1v) is 5.41. The maximum Gasteiger partial charge on any atom is 0.169 e. The monoisotopic (exact) mass is 229 g/mol. The third-order valence-corrected chi connectivity index (χ3v) is 2.97. The van der Waals surface area contributed by atoms with E-state index in [1.807, 2.05) is 24.3 Å². The van der Waals surface area contributed by atoms with Crippen molar-refractivity contribution < 1.29 is 4.79 Å². The smallest absolute Gasteiger partial charge is 0.169 e. The van der Waals surface area contributed by atoms with Crippen LogP contribution in [0.1, 0.15) is 22.5 Å².